The number of carbonyl (C=O) groups is 2. The second-order valence-electron chi connectivity index (χ2n) is 9.74. The summed E-state index contributed by atoms with van der Waals surface area (Å²) in [4.78, 5) is 30.1. The van der Waals surface area contributed by atoms with Crippen LogP contribution in [0.15, 0.2) is 79.1 Å². The predicted molar refractivity (Wildman–Crippen MR) is 152 cm³/mol. The second kappa shape index (κ2) is 14.3. The van der Waals surface area contributed by atoms with Crippen LogP contribution in [0.1, 0.15) is 42.6 Å². The first kappa shape index (κ1) is 29.6. The van der Waals surface area contributed by atoms with E-state index in [-0.39, 0.29) is 11.7 Å². The molecule has 1 heterocycles. The molecule has 0 radical (unpaired) electrons. The molecule has 1 aromatic heterocycles. The Bertz CT molecular complexity index is 1300. The van der Waals surface area contributed by atoms with Crippen LogP contribution in [0.2, 0.25) is 0 Å². The van der Waals surface area contributed by atoms with Crippen molar-refractivity contribution in [3.8, 4) is 5.75 Å². The highest BCUT2D eigenvalue weighted by Crippen LogP contribution is 2.17. The van der Waals surface area contributed by atoms with Crippen LogP contribution >= 0.6 is 0 Å². The Kier molecular flexibility index (Phi) is 10.9. The van der Waals surface area contributed by atoms with Crippen LogP contribution in [0, 0.1) is 5.92 Å². The first-order chi connectivity index (χ1) is 18.6. The third kappa shape index (κ3) is 10.0. The van der Waals surface area contributed by atoms with Gasteiger partial charge in [0.2, 0.25) is 15.9 Å². The van der Waals surface area contributed by atoms with E-state index in [9.17, 15) is 18.0 Å². The molecule has 0 aliphatic rings. The van der Waals surface area contributed by atoms with Crippen molar-refractivity contribution < 1.29 is 22.7 Å². The number of pyridine rings is 1. The Labute approximate surface area is 230 Å². The Morgan fingerprint density at radius 1 is 0.949 bits per heavy atom. The van der Waals surface area contributed by atoms with Gasteiger partial charge in [-0.2, -0.15) is 0 Å². The van der Waals surface area contributed by atoms with Gasteiger partial charge in [0.25, 0.3) is 5.91 Å². The smallest absolute Gasteiger partial charge is 0.253 e. The summed E-state index contributed by atoms with van der Waals surface area (Å²) in [6.07, 6.45) is 4.34. The van der Waals surface area contributed by atoms with Crippen molar-refractivity contribution >= 4 is 27.5 Å². The Balaban J connectivity index is 1.75. The summed E-state index contributed by atoms with van der Waals surface area (Å²) >= 11 is 0. The number of amides is 2. The van der Waals surface area contributed by atoms with Crippen molar-refractivity contribution in [1.29, 1.82) is 0 Å². The van der Waals surface area contributed by atoms with Crippen LogP contribution in [0.25, 0.3) is 0 Å². The number of rotatable bonds is 14. The molecule has 3 N–H and O–H groups in total. The van der Waals surface area contributed by atoms with Crippen molar-refractivity contribution in [2.75, 3.05) is 17.6 Å². The van der Waals surface area contributed by atoms with E-state index in [1.165, 1.54) is 13.3 Å². The lowest BCUT2D eigenvalue weighted by molar-refractivity contribution is -0.124. The number of ether oxygens (including phenoxy) is 1. The molecular formula is C29H36N4O5S. The standard InChI is InChI=1S/C29H36N4O5S/c1-21(2)18-27(32-28(34)23-10-7-17-30-19-23)29(35)31-25(12-11-22-8-5-4-6-9-22)20-39(36,37)33-24-13-15-26(38-3)16-14-24/h4-10,13-17,19,21,25,27,33H,11-12,18,20H2,1-3H3,(H,31,35)(H,32,34). The Hall–Kier alpha value is -3.92. The number of hydrogen-bond acceptors (Lipinski definition) is 6. The number of benzene rings is 2. The minimum Gasteiger partial charge on any atom is -0.497 e. The van der Waals surface area contributed by atoms with Crippen LogP contribution in [0.4, 0.5) is 5.69 Å². The van der Waals surface area contributed by atoms with Gasteiger partial charge in [0.1, 0.15) is 11.8 Å². The number of aryl methyl sites for hydroxylation is 1. The third-order valence-electron chi connectivity index (χ3n) is 6.01. The SMILES string of the molecule is COc1ccc(NS(=O)(=O)CC(CCc2ccccc2)NC(=O)C(CC(C)C)NC(=O)c2cccnc2)cc1. The van der Waals surface area contributed by atoms with Gasteiger partial charge in [-0.25, -0.2) is 8.42 Å². The van der Waals surface area contributed by atoms with E-state index in [0.717, 1.165) is 5.56 Å². The zero-order chi connectivity index (χ0) is 28.3. The molecule has 3 rings (SSSR count). The van der Waals surface area contributed by atoms with E-state index in [1.807, 2.05) is 44.2 Å². The second-order valence-corrected chi connectivity index (χ2v) is 11.5. The van der Waals surface area contributed by atoms with Crippen LogP contribution in [0.3, 0.4) is 0 Å². The van der Waals surface area contributed by atoms with Gasteiger partial charge in [0, 0.05) is 24.1 Å². The maximum Gasteiger partial charge on any atom is 0.253 e. The zero-order valence-electron chi connectivity index (χ0n) is 22.5. The fraction of sp³-hybridized carbons (Fsp3) is 0.345. The highest BCUT2D eigenvalue weighted by Gasteiger charge is 2.27. The number of aromatic nitrogens is 1. The average Bonchev–Trinajstić information content (AvgIpc) is 2.92. The van der Waals surface area contributed by atoms with Gasteiger partial charge >= 0.3 is 0 Å². The Morgan fingerprint density at radius 2 is 1.67 bits per heavy atom. The van der Waals surface area contributed by atoms with Gasteiger partial charge < -0.3 is 15.4 Å². The molecule has 0 saturated carbocycles. The molecule has 2 aromatic carbocycles. The lowest BCUT2D eigenvalue weighted by Gasteiger charge is -2.25. The maximum atomic E-state index is 13.4. The molecule has 9 nitrogen and oxygen atoms in total. The van der Waals surface area contributed by atoms with Crippen molar-refractivity contribution in [2.24, 2.45) is 5.92 Å². The fourth-order valence-electron chi connectivity index (χ4n) is 4.07. The lowest BCUT2D eigenvalue weighted by atomic mass is 10.0. The van der Waals surface area contributed by atoms with Crippen LogP contribution < -0.4 is 20.1 Å². The monoisotopic (exact) mass is 552 g/mol. The molecule has 0 spiro atoms. The molecule has 10 heteroatoms. The van der Waals surface area contributed by atoms with E-state index >= 15 is 0 Å². The van der Waals surface area contributed by atoms with Crippen molar-refractivity contribution in [2.45, 2.75) is 45.2 Å². The van der Waals surface area contributed by atoms with Crippen molar-refractivity contribution in [1.82, 2.24) is 15.6 Å². The third-order valence-corrected chi connectivity index (χ3v) is 7.40. The summed E-state index contributed by atoms with van der Waals surface area (Å²) in [7, 11) is -2.29. The summed E-state index contributed by atoms with van der Waals surface area (Å²) in [6, 6.07) is 17.9. The van der Waals surface area contributed by atoms with E-state index in [0.29, 0.717) is 36.3 Å². The van der Waals surface area contributed by atoms with E-state index in [4.69, 9.17) is 4.74 Å². The molecule has 208 valence electrons. The minimum atomic E-state index is -3.82. The van der Waals surface area contributed by atoms with E-state index < -0.39 is 33.9 Å². The van der Waals surface area contributed by atoms with Gasteiger partial charge in [0.15, 0.2) is 0 Å². The molecule has 0 aliphatic heterocycles. The maximum absolute atomic E-state index is 13.4. The summed E-state index contributed by atoms with van der Waals surface area (Å²) in [5.41, 5.74) is 1.76. The van der Waals surface area contributed by atoms with Gasteiger partial charge in [0.05, 0.1) is 18.4 Å². The quantitative estimate of drug-likeness (QED) is 0.279. The van der Waals surface area contributed by atoms with Gasteiger partial charge in [-0.05, 0) is 67.1 Å². The van der Waals surface area contributed by atoms with Gasteiger partial charge in [-0.15, -0.1) is 0 Å². The molecule has 0 bridgehead atoms. The molecular weight excluding hydrogens is 516 g/mol. The number of nitrogens with zero attached hydrogens (tertiary/aromatic N) is 1. The van der Waals surface area contributed by atoms with Crippen molar-refractivity contribution in [3.05, 3.63) is 90.3 Å². The summed E-state index contributed by atoms with van der Waals surface area (Å²) in [6.45, 7) is 3.90. The molecule has 2 unspecified atom stereocenters. The minimum absolute atomic E-state index is 0.109. The molecule has 0 aliphatic carbocycles. The predicted octanol–water partition coefficient (Wildman–Crippen LogP) is 3.79. The highest BCUT2D eigenvalue weighted by molar-refractivity contribution is 7.92. The summed E-state index contributed by atoms with van der Waals surface area (Å²) in [5.74, 6) is -0.464. The lowest BCUT2D eigenvalue weighted by Crippen LogP contribution is -2.52. The number of nitrogens with one attached hydrogen (secondary N) is 3. The zero-order valence-corrected chi connectivity index (χ0v) is 23.3. The van der Waals surface area contributed by atoms with E-state index in [2.05, 4.69) is 20.3 Å². The molecule has 0 saturated heterocycles. The molecule has 0 fully saturated rings. The first-order valence-corrected chi connectivity index (χ1v) is 14.5. The molecule has 2 amide bonds. The number of anilines is 1. The number of methoxy groups -OCH3 is 1. The topological polar surface area (TPSA) is 126 Å². The summed E-state index contributed by atoms with van der Waals surface area (Å²) in [5, 5.41) is 5.69. The number of hydrogen-bond donors (Lipinski definition) is 3. The first-order valence-electron chi connectivity index (χ1n) is 12.8. The van der Waals surface area contributed by atoms with E-state index in [1.54, 1.807) is 42.6 Å². The van der Waals surface area contributed by atoms with Crippen LogP contribution in [0.5, 0.6) is 5.75 Å². The molecule has 39 heavy (non-hydrogen) atoms. The molecule has 2 atom stereocenters. The highest BCUT2D eigenvalue weighted by atomic mass is 32.2. The largest absolute Gasteiger partial charge is 0.497 e. The Morgan fingerprint density at radius 3 is 2.28 bits per heavy atom. The fourth-order valence-corrected chi connectivity index (χ4v) is 5.43. The number of carbonyl (C=O) groups excluding carboxylic acids is 2. The number of sulfonamides is 1. The van der Waals surface area contributed by atoms with Crippen LogP contribution in [-0.2, 0) is 21.2 Å². The van der Waals surface area contributed by atoms with Crippen LogP contribution in [-0.4, -0.2) is 50.2 Å². The van der Waals surface area contributed by atoms with Crippen molar-refractivity contribution in [3.63, 3.8) is 0 Å². The molecule has 3 aromatic rings. The summed E-state index contributed by atoms with van der Waals surface area (Å²) < 4.78 is 33.9. The van der Waals surface area contributed by atoms with Gasteiger partial charge in [-0.1, -0.05) is 44.2 Å². The van der Waals surface area contributed by atoms with Gasteiger partial charge in [-0.3, -0.25) is 19.3 Å². The normalized spacial score (nSPS) is 12.8. The average molecular weight is 553 g/mol.